The van der Waals surface area contributed by atoms with E-state index in [2.05, 4.69) is 41.6 Å². The fraction of sp³-hybridized carbons (Fsp3) is 0.500. The van der Waals surface area contributed by atoms with Gasteiger partial charge in [-0.15, -0.1) is 0 Å². The second-order valence-corrected chi connectivity index (χ2v) is 6.45. The van der Waals surface area contributed by atoms with Crippen LogP contribution in [0.3, 0.4) is 0 Å². The van der Waals surface area contributed by atoms with Crippen LogP contribution in [0.2, 0.25) is 0 Å². The lowest BCUT2D eigenvalue weighted by Crippen LogP contribution is -2.59. The Morgan fingerprint density at radius 1 is 1.37 bits per heavy atom. The Labute approximate surface area is 113 Å². The summed E-state index contributed by atoms with van der Waals surface area (Å²) in [6, 6.07) is 7.08. The number of aromatic amines is 1. The smallest absolute Gasteiger partial charge is 0.0775 e. The highest BCUT2D eigenvalue weighted by atomic mass is 16.3. The third-order valence-electron chi connectivity index (χ3n) is 5.17. The summed E-state index contributed by atoms with van der Waals surface area (Å²) in [5.41, 5.74) is 3.40. The third kappa shape index (κ3) is 1.52. The van der Waals surface area contributed by atoms with Crippen LogP contribution in [0.4, 0.5) is 0 Å². The van der Waals surface area contributed by atoms with Crippen LogP contribution in [0.25, 0.3) is 10.9 Å². The Hall–Kier alpha value is -1.32. The molecule has 4 atom stereocenters. The summed E-state index contributed by atoms with van der Waals surface area (Å²) in [7, 11) is 0. The quantitative estimate of drug-likeness (QED) is 0.677. The Morgan fingerprint density at radius 3 is 3.05 bits per heavy atom. The van der Waals surface area contributed by atoms with E-state index in [0.717, 1.165) is 12.8 Å². The minimum atomic E-state index is -0.628. The molecule has 2 unspecified atom stereocenters. The first-order chi connectivity index (χ1) is 9.06. The van der Waals surface area contributed by atoms with Crippen molar-refractivity contribution in [3.8, 4) is 0 Å². The predicted molar refractivity (Wildman–Crippen MR) is 76.4 cm³/mol. The summed E-state index contributed by atoms with van der Waals surface area (Å²) in [5, 5.41) is 15.6. The predicted octanol–water partition coefficient (Wildman–Crippen LogP) is 2.31. The maximum absolute atomic E-state index is 10.6. The van der Waals surface area contributed by atoms with Crippen molar-refractivity contribution in [3.05, 3.63) is 35.5 Å². The second-order valence-electron chi connectivity index (χ2n) is 6.45. The molecular formula is C16H20N2O. The molecule has 4 rings (SSSR count). The largest absolute Gasteiger partial charge is 0.389 e. The lowest BCUT2D eigenvalue weighted by atomic mass is 9.70. The first kappa shape index (κ1) is 11.5. The highest BCUT2D eigenvalue weighted by Gasteiger charge is 2.44. The zero-order valence-electron chi connectivity index (χ0n) is 11.4. The fourth-order valence-corrected chi connectivity index (χ4v) is 3.90. The van der Waals surface area contributed by atoms with Crippen LogP contribution in [-0.4, -0.2) is 27.8 Å². The molecule has 1 aromatic heterocycles. The van der Waals surface area contributed by atoms with Gasteiger partial charge in [-0.05, 0) is 43.9 Å². The SMILES string of the molecule is CC1N[C@@H]2Cc3c[nH]c4cccc(c34)[C@H]2CC1(C)O. The van der Waals surface area contributed by atoms with Crippen molar-refractivity contribution in [2.75, 3.05) is 0 Å². The Balaban J connectivity index is 1.88. The first-order valence-corrected chi connectivity index (χ1v) is 7.13. The van der Waals surface area contributed by atoms with Gasteiger partial charge in [0.15, 0.2) is 0 Å². The molecular weight excluding hydrogens is 236 g/mol. The highest BCUT2D eigenvalue weighted by molar-refractivity contribution is 5.88. The lowest BCUT2D eigenvalue weighted by Gasteiger charge is -2.47. The van der Waals surface area contributed by atoms with Crippen LogP contribution in [0.1, 0.15) is 37.3 Å². The number of H-pyrrole nitrogens is 1. The van der Waals surface area contributed by atoms with E-state index in [4.69, 9.17) is 0 Å². The van der Waals surface area contributed by atoms with Crippen LogP contribution < -0.4 is 5.32 Å². The summed E-state index contributed by atoms with van der Waals surface area (Å²) in [4.78, 5) is 3.37. The van der Waals surface area contributed by atoms with E-state index in [-0.39, 0.29) is 6.04 Å². The van der Waals surface area contributed by atoms with Gasteiger partial charge in [-0.1, -0.05) is 12.1 Å². The van der Waals surface area contributed by atoms with E-state index < -0.39 is 5.60 Å². The van der Waals surface area contributed by atoms with Crippen molar-refractivity contribution in [1.29, 1.82) is 0 Å². The molecule has 3 N–H and O–H groups in total. The molecule has 2 heterocycles. The molecule has 1 saturated heterocycles. The molecule has 0 amide bonds. The molecule has 1 fully saturated rings. The molecule has 0 spiro atoms. The van der Waals surface area contributed by atoms with Crippen molar-refractivity contribution < 1.29 is 5.11 Å². The number of fused-ring (bicyclic) bond motifs is 2. The second kappa shape index (κ2) is 3.62. The van der Waals surface area contributed by atoms with Crippen molar-refractivity contribution in [1.82, 2.24) is 10.3 Å². The van der Waals surface area contributed by atoms with E-state index in [1.54, 1.807) is 0 Å². The molecule has 2 aromatic rings. The molecule has 1 aliphatic carbocycles. The number of piperidine rings is 1. The maximum Gasteiger partial charge on any atom is 0.0775 e. The first-order valence-electron chi connectivity index (χ1n) is 7.13. The van der Waals surface area contributed by atoms with Crippen molar-refractivity contribution >= 4 is 10.9 Å². The summed E-state index contributed by atoms with van der Waals surface area (Å²) in [6.45, 7) is 4.04. The summed E-state index contributed by atoms with van der Waals surface area (Å²) < 4.78 is 0. The molecule has 19 heavy (non-hydrogen) atoms. The topological polar surface area (TPSA) is 48.0 Å². The number of benzene rings is 1. The van der Waals surface area contributed by atoms with E-state index >= 15 is 0 Å². The highest BCUT2D eigenvalue weighted by Crippen LogP contribution is 2.43. The third-order valence-corrected chi connectivity index (χ3v) is 5.17. The number of hydrogen-bond acceptors (Lipinski definition) is 2. The Bertz CT molecular complexity index is 643. The van der Waals surface area contributed by atoms with Gasteiger partial charge >= 0.3 is 0 Å². The molecule has 1 aliphatic heterocycles. The molecule has 0 bridgehead atoms. The van der Waals surface area contributed by atoms with Crippen molar-refractivity contribution in [2.45, 2.75) is 50.3 Å². The van der Waals surface area contributed by atoms with E-state index in [0.29, 0.717) is 12.0 Å². The molecule has 3 nitrogen and oxygen atoms in total. The van der Waals surface area contributed by atoms with Gasteiger partial charge in [0.2, 0.25) is 0 Å². The zero-order valence-corrected chi connectivity index (χ0v) is 11.4. The van der Waals surface area contributed by atoms with Crippen LogP contribution in [0, 0.1) is 0 Å². The van der Waals surface area contributed by atoms with Crippen molar-refractivity contribution in [3.63, 3.8) is 0 Å². The average molecular weight is 256 g/mol. The van der Waals surface area contributed by atoms with Gasteiger partial charge in [-0.2, -0.15) is 0 Å². The molecule has 100 valence electrons. The van der Waals surface area contributed by atoms with Crippen LogP contribution in [-0.2, 0) is 6.42 Å². The summed E-state index contributed by atoms with van der Waals surface area (Å²) >= 11 is 0. The number of aliphatic hydroxyl groups is 1. The number of aromatic nitrogens is 1. The van der Waals surface area contributed by atoms with Crippen molar-refractivity contribution in [2.24, 2.45) is 0 Å². The molecule has 1 aromatic carbocycles. The number of nitrogens with one attached hydrogen (secondary N) is 2. The minimum absolute atomic E-state index is 0.147. The standard InChI is InChI=1S/C16H20N2O/c1-9-16(2,19)7-12-11-4-3-5-13-15(11)10(8-17-13)6-14(12)18-9/h3-5,8-9,12,14,17-19H,6-7H2,1-2H3/t9?,12-,14-,16?/m1/s1. The van der Waals surface area contributed by atoms with Crippen LogP contribution in [0.15, 0.2) is 24.4 Å². The Kier molecular flexibility index (Phi) is 2.19. The monoisotopic (exact) mass is 256 g/mol. The van der Waals surface area contributed by atoms with E-state index in [1.807, 2.05) is 6.92 Å². The zero-order chi connectivity index (χ0) is 13.2. The lowest BCUT2D eigenvalue weighted by molar-refractivity contribution is -0.0208. The normalized spacial score (nSPS) is 37.3. The number of rotatable bonds is 0. The van der Waals surface area contributed by atoms with Crippen LogP contribution in [0.5, 0.6) is 0 Å². The van der Waals surface area contributed by atoms with Gasteiger partial charge in [-0.3, -0.25) is 0 Å². The Morgan fingerprint density at radius 2 is 2.21 bits per heavy atom. The summed E-state index contributed by atoms with van der Waals surface area (Å²) in [6.07, 6.45) is 4.04. The van der Waals surface area contributed by atoms with Crippen LogP contribution >= 0.6 is 0 Å². The fourth-order valence-electron chi connectivity index (χ4n) is 3.90. The minimum Gasteiger partial charge on any atom is -0.389 e. The van der Waals surface area contributed by atoms with Gasteiger partial charge in [-0.25, -0.2) is 0 Å². The number of hydrogen-bond donors (Lipinski definition) is 3. The van der Waals surface area contributed by atoms with E-state index in [9.17, 15) is 5.11 Å². The molecule has 3 heteroatoms. The molecule has 0 radical (unpaired) electrons. The maximum atomic E-state index is 10.6. The van der Waals surface area contributed by atoms with E-state index in [1.165, 1.54) is 22.0 Å². The summed E-state index contributed by atoms with van der Waals surface area (Å²) in [5.74, 6) is 0.415. The molecule has 0 saturated carbocycles. The van der Waals surface area contributed by atoms with Gasteiger partial charge in [0.05, 0.1) is 5.60 Å². The van der Waals surface area contributed by atoms with Gasteiger partial charge in [0.25, 0.3) is 0 Å². The average Bonchev–Trinajstić information content (AvgIpc) is 2.77. The van der Waals surface area contributed by atoms with Gasteiger partial charge in [0, 0.05) is 35.1 Å². The molecule has 2 aliphatic rings. The van der Waals surface area contributed by atoms with Gasteiger partial charge in [0.1, 0.15) is 0 Å². The van der Waals surface area contributed by atoms with Gasteiger partial charge < -0.3 is 15.4 Å².